The van der Waals surface area contributed by atoms with Crippen LogP contribution in [0.2, 0.25) is 0 Å². The average molecular weight is 561 g/mol. The van der Waals surface area contributed by atoms with E-state index in [0.717, 1.165) is 24.0 Å². The molecular weight excluding hydrogens is 520 g/mol. The van der Waals surface area contributed by atoms with Gasteiger partial charge in [0.25, 0.3) is 0 Å². The lowest BCUT2D eigenvalue weighted by molar-refractivity contribution is 0.696. The Bertz CT molecular complexity index is 2030. The van der Waals surface area contributed by atoms with E-state index in [1.54, 1.807) is 0 Å². The molecular formula is C41H40N2. The van der Waals surface area contributed by atoms with Crippen molar-refractivity contribution in [1.82, 2.24) is 9.38 Å². The zero-order valence-electron chi connectivity index (χ0n) is 25.4. The summed E-state index contributed by atoms with van der Waals surface area (Å²) >= 11 is 0. The molecule has 0 fully saturated rings. The first kappa shape index (κ1) is 27.4. The third kappa shape index (κ3) is 5.20. The standard InChI is InChI=1S/C41H40N2/c1-3-5-9-19-35-36(20-10-6-4-2)40-28-34-26-32(30-17-13-8-14-18-30)22-24-39(34)43(40)41-37(35)27-33-25-31(21-23-38(33)42-41)29-15-11-7-12-16-29/h7-8,11-18,21-28H,3-6,9-10,19-20H2,1-2H3. The van der Waals surface area contributed by atoms with Gasteiger partial charge >= 0.3 is 0 Å². The molecule has 0 amide bonds. The van der Waals surface area contributed by atoms with E-state index in [1.807, 2.05) is 0 Å². The summed E-state index contributed by atoms with van der Waals surface area (Å²) in [6, 6.07) is 40.0. The van der Waals surface area contributed by atoms with Crippen molar-refractivity contribution < 1.29 is 0 Å². The number of benzene rings is 4. The Hall–Kier alpha value is -4.43. The molecule has 0 radical (unpaired) electrons. The van der Waals surface area contributed by atoms with Gasteiger partial charge in [0.15, 0.2) is 0 Å². The number of unbranched alkanes of at least 4 members (excludes halogenated alkanes) is 4. The minimum absolute atomic E-state index is 1.05. The van der Waals surface area contributed by atoms with E-state index in [2.05, 4.69) is 127 Å². The van der Waals surface area contributed by atoms with Gasteiger partial charge in [0.05, 0.1) is 16.6 Å². The predicted molar refractivity (Wildman–Crippen MR) is 185 cm³/mol. The Balaban J connectivity index is 1.52. The normalized spacial score (nSPS) is 11.8. The molecule has 0 atom stereocenters. The highest BCUT2D eigenvalue weighted by molar-refractivity contribution is 6.02. The summed E-state index contributed by atoms with van der Waals surface area (Å²) in [5.41, 5.74) is 12.7. The molecule has 0 saturated carbocycles. The van der Waals surface area contributed by atoms with Crippen molar-refractivity contribution in [3.05, 3.63) is 120 Å². The van der Waals surface area contributed by atoms with Gasteiger partial charge in [-0.05, 0) is 95.5 Å². The van der Waals surface area contributed by atoms with Crippen molar-refractivity contribution in [2.75, 3.05) is 0 Å². The Kier molecular flexibility index (Phi) is 7.68. The lowest BCUT2D eigenvalue weighted by Gasteiger charge is -2.18. The third-order valence-corrected chi connectivity index (χ3v) is 9.08. The average Bonchev–Trinajstić information content (AvgIpc) is 3.44. The zero-order chi connectivity index (χ0) is 29.2. The highest BCUT2D eigenvalue weighted by Gasteiger charge is 2.19. The number of fused-ring (bicyclic) bond motifs is 6. The molecule has 7 rings (SSSR count). The summed E-state index contributed by atoms with van der Waals surface area (Å²) < 4.78 is 2.47. The molecule has 2 heteroatoms. The first-order valence-electron chi connectivity index (χ1n) is 16.2. The van der Waals surface area contributed by atoms with E-state index < -0.39 is 0 Å². The molecule has 2 nitrogen and oxygen atoms in total. The fourth-order valence-electron chi connectivity index (χ4n) is 6.83. The SMILES string of the molecule is CCCCCc1c(CCCCC)c2cc3cc(-c4ccccc4)ccc3n2c2nc3ccc(-c4ccccc4)cc3cc12. The molecule has 0 saturated heterocycles. The van der Waals surface area contributed by atoms with Gasteiger partial charge < -0.3 is 0 Å². The maximum atomic E-state index is 5.43. The van der Waals surface area contributed by atoms with E-state index in [9.17, 15) is 0 Å². The monoisotopic (exact) mass is 560 g/mol. The first-order valence-corrected chi connectivity index (χ1v) is 16.2. The molecule has 0 N–H and O–H groups in total. The largest absolute Gasteiger partial charge is 0.294 e. The minimum Gasteiger partial charge on any atom is -0.294 e. The maximum absolute atomic E-state index is 5.43. The number of aromatic nitrogens is 2. The van der Waals surface area contributed by atoms with Crippen LogP contribution in [0.5, 0.6) is 0 Å². The van der Waals surface area contributed by atoms with Crippen LogP contribution in [0.4, 0.5) is 0 Å². The number of nitrogens with zero attached hydrogens (tertiary/aromatic N) is 2. The highest BCUT2D eigenvalue weighted by atomic mass is 15.0. The molecule has 43 heavy (non-hydrogen) atoms. The van der Waals surface area contributed by atoms with Crippen LogP contribution in [0, 0.1) is 0 Å². The molecule has 0 unspecified atom stereocenters. The molecule has 0 spiro atoms. The lowest BCUT2D eigenvalue weighted by atomic mass is 9.93. The van der Waals surface area contributed by atoms with Crippen molar-refractivity contribution in [3.63, 3.8) is 0 Å². The first-order chi connectivity index (χ1) is 21.2. The Morgan fingerprint density at radius 3 is 1.77 bits per heavy atom. The molecule has 0 bridgehead atoms. The molecule has 214 valence electrons. The van der Waals surface area contributed by atoms with E-state index >= 15 is 0 Å². The fraction of sp³-hybridized carbons (Fsp3) is 0.244. The predicted octanol–water partition coefficient (Wildman–Crippen LogP) is 11.6. The minimum atomic E-state index is 1.05. The zero-order valence-corrected chi connectivity index (χ0v) is 25.4. The fourth-order valence-corrected chi connectivity index (χ4v) is 6.83. The Morgan fingerprint density at radius 1 is 0.512 bits per heavy atom. The summed E-state index contributed by atoms with van der Waals surface area (Å²) in [5, 5.41) is 3.82. The van der Waals surface area contributed by atoms with Gasteiger partial charge in [-0.25, -0.2) is 4.98 Å². The molecule has 0 aliphatic rings. The van der Waals surface area contributed by atoms with Crippen molar-refractivity contribution >= 4 is 38.4 Å². The number of hydrogen-bond acceptors (Lipinski definition) is 1. The molecule has 0 aliphatic heterocycles. The topological polar surface area (TPSA) is 17.3 Å². The number of rotatable bonds is 10. The lowest BCUT2D eigenvalue weighted by Crippen LogP contribution is -2.04. The smallest absolute Gasteiger partial charge is 0.145 e. The molecule has 3 aromatic heterocycles. The van der Waals surface area contributed by atoms with Gasteiger partial charge in [0.1, 0.15) is 5.65 Å². The second-order valence-electron chi connectivity index (χ2n) is 12.0. The van der Waals surface area contributed by atoms with Crippen LogP contribution in [0.1, 0.15) is 63.5 Å². The van der Waals surface area contributed by atoms with Crippen molar-refractivity contribution in [2.24, 2.45) is 0 Å². The van der Waals surface area contributed by atoms with Gasteiger partial charge in [0.2, 0.25) is 0 Å². The molecule has 0 aliphatic carbocycles. The summed E-state index contributed by atoms with van der Waals surface area (Å²) in [5.74, 6) is 0. The van der Waals surface area contributed by atoms with Gasteiger partial charge in [-0.1, -0.05) is 112 Å². The van der Waals surface area contributed by atoms with Gasteiger partial charge in [-0.15, -0.1) is 0 Å². The van der Waals surface area contributed by atoms with Crippen molar-refractivity contribution in [2.45, 2.75) is 65.2 Å². The van der Waals surface area contributed by atoms with Crippen LogP contribution in [0.25, 0.3) is 60.6 Å². The van der Waals surface area contributed by atoms with Gasteiger partial charge in [0, 0.05) is 16.2 Å². The summed E-state index contributed by atoms with van der Waals surface area (Å²) in [7, 11) is 0. The third-order valence-electron chi connectivity index (χ3n) is 9.08. The Labute approximate surface area is 255 Å². The Morgan fingerprint density at radius 2 is 1.12 bits per heavy atom. The summed E-state index contributed by atoms with van der Waals surface area (Å²) in [4.78, 5) is 5.43. The molecule has 3 heterocycles. The summed E-state index contributed by atoms with van der Waals surface area (Å²) in [6.07, 6.45) is 9.61. The van der Waals surface area contributed by atoms with Crippen LogP contribution in [0.3, 0.4) is 0 Å². The van der Waals surface area contributed by atoms with Crippen LogP contribution in [-0.4, -0.2) is 9.38 Å². The van der Waals surface area contributed by atoms with E-state index in [-0.39, 0.29) is 0 Å². The second-order valence-corrected chi connectivity index (χ2v) is 12.0. The van der Waals surface area contributed by atoms with Crippen molar-refractivity contribution in [1.29, 1.82) is 0 Å². The molecule has 7 aromatic rings. The van der Waals surface area contributed by atoms with Crippen molar-refractivity contribution in [3.8, 4) is 22.3 Å². The number of pyridine rings is 2. The number of aryl methyl sites for hydroxylation is 2. The van der Waals surface area contributed by atoms with E-state index in [4.69, 9.17) is 4.98 Å². The second kappa shape index (κ2) is 12.1. The van der Waals surface area contributed by atoms with Crippen LogP contribution in [0.15, 0.2) is 109 Å². The van der Waals surface area contributed by atoms with Gasteiger partial charge in [-0.3, -0.25) is 4.40 Å². The molecule has 4 aromatic carbocycles. The van der Waals surface area contributed by atoms with Crippen LogP contribution in [-0.2, 0) is 12.8 Å². The quantitative estimate of drug-likeness (QED) is 0.120. The number of hydrogen-bond donors (Lipinski definition) is 0. The van der Waals surface area contributed by atoms with E-state index in [1.165, 1.54) is 99.1 Å². The maximum Gasteiger partial charge on any atom is 0.145 e. The van der Waals surface area contributed by atoms with Gasteiger partial charge in [-0.2, -0.15) is 0 Å². The van der Waals surface area contributed by atoms with E-state index in [0.29, 0.717) is 0 Å². The summed E-state index contributed by atoms with van der Waals surface area (Å²) in [6.45, 7) is 4.60. The van der Waals surface area contributed by atoms with Crippen LogP contribution < -0.4 is 0 Å². The highest BCUT2D eigenvalue weighted by Crippen LogP contribution is 2.37. The van der Waals surface area contributed by atoms with Crippen LogP contribution >= 0.6 is 0 Å².